The van der Waals surface area contributed by atoms with Crippen LogP contribution in [0, 0.1) is 5.41 Å². The van der Waals surface area contributed by atoms with E-state index in [4.69, 9.17) is 0 Å². The first-order valence-corrected chi connectivity index (χ1v) is 6.89. The van der Waals surface area contributed by atoms with Crippen molar-refractivity contribution in [2.45, 2.75) is 39.2 Å². The van der Waals surface area contributed by atoms with Gasteiger partial charge >= 0.3 is 0 Å². The topological polar surface area (TPSA) is 44.4 Å². The largest absolute Gasteiger partial charge is 0.354 e. The van der Waals surface area contributed by atoms with Crippen molar-refractivity contribution in [3.8, 4) is 0 Å². The lowest BCUT2D eigenvalue weighted by atomic mass is 9.89. The Morgan fingerprint density at radius 3 is 2.82 bits per heavy atom. The van der Waals surface area contributed by atoms with Gasteiger partial charge < -0.3 is 10.6 Å². The number of carbonyl (C=O) groups excluding carboxylic acids is 1. The summed E-state index contributed by atoms with van der Waals surface area (Å²) < 4.78 is 0. The standard InChI is InChI=1S/C13H25N3O/c1-3-16(11-4-5-11)9-8-15-12(17)13(2)6-7-14-10-13/h11,14H,3-10H2,1-2H3,(H,15,17). The molecule has 0 aromatic heterocycles. The van der Waals surface area contributed by atoms with Crippen molar-refractivity contribution in [2.75, 3.05) is 32.7 Å². The van der Waals surface area contributed by atoms with E-state index in [1.807, 2.05) is 0 Å². The second-order valence-electron chi connectivity index (χ2n) is 5.60. The summed E-state index contributed by atoms with van der Waals surface area (Å²) in [4.78, 5) is 14.5. The van der Waals surface area contributed by atoms with Crippen LogP contribution < -0.4 is 10.6 Å². The van der Waals surface area contributed by atoms with E-state index in [0.29, 0.717) is 0 Å². The third kappa shape index (κ3) is 3.19. The highest BCUT2D eigenvalue weighted by molar-refractivity contribution is 5.82. The van der Waals surface area contributed by atoms with E-state index in [1.165, 1.54) is 12.8 Å². The molecule has 17 heavy (non-hydrogen) atoms. The fourth-order valence-corrected chi connectivity index (χ4v) is 2.58. The molecule has 2 aliphatic rings. The molecule has 0 spiro atoms. The Morgan fingerprint density at radius 1 is 1.53 bits per heavy atom. The van der Waals surface area contributed by atoms with Crippen molar-refractivity contribution < 1.29 is 4.79 Å². The van der Waals surface area contributed by atoms with E-state index >= 15 is 0 Å². The maximum Gasteiger partial charge on any atom is 0.227 e. The van der Waals surface area contributed by atoms with Crippen molar-refractivity contribution in [3.63, 3.8) is 0 Å². The number of nitrogens with one attached hydrogen (secondary N) is 2. The van der Waals surface area contributed by atoms with Crippen LogP contribution in [-0.4, -0.2) is 49.6 Å². The molecule has 0 aromatic rings. The van der Waals surface area contributed by atoms with Crippen LogP contribution in [-0.2, 0) is 4.79 Å². The number of hydrogen-bond acceptors (Lipinski definition) is 3. The van der Waals surface area contributed by atoms with Crippen molar-refractivity contribution in [3.05, 3.63) is 0 Å². The number of amides is 1. The van der Waals surface area contributed by atoms with Gasteiger partial charge in [-0.05, 0) is 39.3 Å². The van der Waals surface area contributed by atoms with E-state index in [-0.39, 0.29) is 11.3 Å². The summed E-state index contributed by atoms with van der Waals surface area (Å²) in [5, 5.41) is 6.35. The van der Waals surface area contributed by atoms with Crippen LogP contribution in [0.4, 0.5) is 0 Å². The molecule has 0 radical (unpaired) electrons. The average Bonchev–Trinajstić information content (AvgIpc) is 3.06. The Balaban J connectivity index is 1.68. The summed E-state index contributed by atoms with van der Waals surface area (Å²) in [6.07, 6.45) is 3.63. The normalized spacial score (nSPS) is 28.6. The smallest absolute Gasteiger partial charge is 0.227 e. The first-order chi connectivity index (χ1) is 8.15. The van der Waals surface area contributed by atoms with Gasteiger partial charge in [0, 0.05) is 25.7 Å². The molecule has 98 valence electrons. The molecule has 2 rings (SSSR count). The second kappa shape index (κ2) is 5.36. The number of likely N-dealkylation sites (N-methyl/N-ethyl adjacent to an activating group) is 1. The van der Waals surface area contributed by atoms with Crippen molar-refractivity contribution in [2.24, 2.45) is 5.41 Å². The highest BCUT2D eigenvalue weighted by atomic mass is 16.2. The third-order valence-electron chi connectivity index (χ3n) is 4.07. The van der Waals surface area contributed by atoms with E-state index in [1.54, 1.807) is 0 Å². The van der Waals surface area contributed by atoms with Gasteiger partial charge in [-0.1, -0.05) is 6.92 Å². The minimum Gasteiger partial charge on any atom is -0.354 e. The molecule has 4 nitrogen and oxygen atoms in total. The predicted octanol–water partition coefficient (Wildman–Crippen LogP) is 0.587. The van der Waals surface area contributed by atoms with Crippen LogP contribution in [0.25, 0.3) is 0 Å². The molecule has 1 unspecified atom stereocenters. The lowest BCUT2D eigenvalue weighted by Gasteiger charge is -2.24. The molecular formula is C13H25N3O. The summed E-state index contributed by atoms with van der Waals surface area (Å²) in [7, 11) is 0. The van der Waals surface area contributed by atoms with Gasteiger partial charge in [0.1, 0.15) is 0 Å². The van der Waals surface area contributed by atoms with Crippen LogP contribution in [0.15, 0.2) is 0 Å². The van der Waals surface area contributed by atoms with Gasteiger partial charge in [-0.3, -0.25) is 9.69 Å². The van der Waals surface area contributed by atoms with Crippen LogP contribution in [0.5, 0.6) is 0 Å². The molecule has 4 heteroatoms. The number of carbonyl (C=O) groups is 1. The summed E-state index contributed by atoms with van der Waals surface area (Å²) >= 11 is 0. The first-order valence-electron chi connectivity index (χ1n) is 6.89. The van der Waals surface area contributed by atoms with Crippen molar-refractivity contribution >= 4 is 5.91 Å². The van der Waals surface area contributed by atoms with Crippen LogP contribution in [0.2, 0.25) is 0 Å². The Bertz CT molecular complexity index is 270. The summed E-state index contributed by atoms with van der Waals surface area (Å²) in [5.74, 6) is 0.217. The number of rotatable bonds is 6. The minimum absolute atomic E-state index is 0.184. The molecule has 1 aliphatic heterocycles. The van der Waals surface area contributed by atoms with E-state index < -0.39 is 0 Å². The zero-order valence-electron chi connectivity index (χ0n) is 11.1. The molecule has 1 heterocycles. The monoisotopic (exact) mass is 239 g/mol. The Kier molecular flexibility index (Phi) is 4.05. The van der Waals surface area contributed by atoms with E-state index in [0.717, 1.165) is 45.2 Å². The zero-order valence-corrected chi connectivity index (χ0v) is 11.1. The lowest BCUT2D eigenvalue weighted by molar-refractivity contribution is -0.129. The van der Waals surface area contributed by atoms with Crippen LogP contribution in [0.3, 0.4) is 0 Å². The SMILES string of the molecule is CCN(CCNC(=O)C1(C)CCNC1)C1CC1. The highest BCUT2D eigenvalue weighted by Crippen LogP contribution is 2.26. The maximum atomic E-state index is 12.1. The average molecular weight is 239 g/mol. The van der Waals surface area contributed by atoms with Gasteiger partial charge in [-0.25, -0.2) is 0 Å². The van der Waals surface area contributed by atoms with E-state index in [9.17, 15) is 4.79 Å². The zero-order chi connectivity index (χ0) is 12.3. The molecule has 1 amide bonds. The highest BCUT2D eigenvalue weighted by Gasteiger charge is 2.36. The number of hydrogen-bond donors (Lipinski definition) is 2. The van der Waals surface area contributed by atoms with Gasteiger partial charge in [0.15, 0.2) is 0 Å². The summed E-state index contributed by atoms with van der Waals surface area (Å²) in [6, 6.07) is 0.792. The lowest BCUT2D eigenvalue weighted by Crippen LogP contribution is -2.43. The molecule has 1 aliphatic carbocycles. The molecular weight excluding hydrogens is 214 g/mol. The van der Waals surface area contributed by atoms with E-state index in [2.05, 4.69) is 29.4 Å². The fourth-order valence-electron chi connectivity index (χ4n) is 2.58. The van der Waals surface area contributed by atoms with Crippen LogP contribution >= 0.6 is 0 Å². The fraction of sp³-hybridized carbons (Fsp3) is 0.923. The van der Waals surface area contributed by atoms with Gasteiger partial charge in [0.05, 0.1) is 5.41 Å². The van der Waals surface area contributed by atoms with Gasteiger partial charge in [0.2, 0.25) is 5.91 Å². The van der Waals surface area contributed by atoms with Crippen molar-refractivity contribution in [1.82, 2.24) is 15.5 Å². The van der Waals surface area contributed by atoms with Crippen molar-refractivity contribution in [1.29, 1.82) is 0 Å². The number of nitrogens with zero attached hydrogens (tertiary/aromatic N) is 1. The van der Waals surface area contributed by atoms with Gasteiger partial charge in [-0.2, -0.15) is 0 Å². The molecule has 1 saturated heterocycles. The Hall–Kier alpha value is -0.610. The third-order valence-corrected chi connectivity index (χ3v) is 4.07. The molecule has 2 N–H and O–H groups in total. The molecule has 1 saturated carbocycles. The van der Waals surface area contributed by atoms with Crippen LogP contribution in [0.1, 0.15) is 33.1 Å². The predicted molar refractivity (Wildman–Crippen MR) is 68.9 cm³/mol. The Morgan fingerprint density at radius 2 is 2.29 bits per heavy atom. The maximum absolute atomic E-state index is 12.1. The minimum atomic E-state index is -0.184. The summed E-state index contributed by atoms with van der Waals surface area (Å²) in [5.41, 5.74) is -0.184. The molecule has 0 bridgehead atoms. The Labute approximate surface area is 104 Å². The quantitative estimate of drug-likeness (QED) is 0.713. The summed E-state index contributed by atoms with van der Waals surface area (Å²) in [6.45, 7) is 8.92. The van der Waals surface area contributed by atoms with Gasteiger partial charge in [0.25, 0.3) is 0 Å². The molecule has 0 aromatic carbocycles. The van der Waals surface area contributed by atoms with Gasteiger partial charge in [-0.15, -0.1) is 0 Å². The molecule has 1 atom stereocenters. The first kappa shape index (κ1) is 12.8. The molecule has 2 fully saturated rings. The second-order valence-corrected chi connectivity index (χ2v) is 5.60.